The molecule has 0 unspecified atom stereocenters. The van der Waals surface area contributed by atoms with Crippen LogP contribution in [0.1, 0.15) is 35.3 Å². The summed E-state index contributed by atoms with van der Waals surface area (Å²) in [5.41, 5.74) is 2.60. The Labute approximate surface area is 152 Å². The summed E-state index contributed by atoms with van der Waals surface area (Å²) < 4.78 is 10.7. The highest BCUT2D eigenvalue weighted by Crippen LogP contribution is 2.23. The van der Waals surface area contributed by atoms with Crippen molar-refractivity contribution in [2.75, 3.05) is 12.4 Å². The lowest BCUT2D eigenvalue weighted by molar-refractivity contribution is 0.112. The number of carbonyl (C=O) groups is 1. The molecular formula is C19H20N2O3S. The van der Waals surface area contributed by atoms with Gasteiger partial charge in [-0.1, -0.05) is 6.58 Å². The third kappa shape index (κ3) is 5.12. The van der Waals surface area contributed by atoms with E-state index in [1.54, 1.807) is 24.4 Å². The first kappa shape index (κ1) is 18.6. The summed E-state index contributed by atoms with van der Waals surface area (Å²) in [5.74, 6) is 1.22. The zero-order valence-corrected chi connectivity index (χ0v) is 15.2. The molecule has 0 amide bonds. The van der Waals surface area contributed by atoms with Crippen LogP contribution in [0.3, 0.4) is 0 Å². The number of anilines is 1. The molecule has 0 spiro atoms. The van der Waals surface area contributed by atoms with Gasteiger partial charge in [-0.2, -0.15) is 0 Å². The maximum Gasteiger partial charge on any atom is 0.192 e. The lowest BCUT2D eigenvalue weighted by Crippen LogP contribution is -2.07. The van der Waals surface area contributed by atoms with Crippen LogP contribution in [0.15, 0.2) is 43.1 Å². The summed E-state index contributed by atoms with van der Waals surface area (Å²) in [7, 11) is 1.52. The van der Waals surface area contributed by atoms with Gasteiger partial charge in [0, 0.05) is 28.6 Å². The summed E-state index contributed by atoms with van der Waals surface area (Å²) in [6.45, 7) is 7.87. The Hall–Kier alpha value is -2.73. The van der Waals surface area contributed by atoms with E-state index in [9.17, 15) is 4.79 Å². The molecule has 0 saturated heterocycles. The van der Waals surface area contributed by atoms with Gasteiger partial charge in [0.15, 0.2) is 5.05 Å². The zero-order chi connectivity index (χ0) is 18.4. The molecule has 0 aliphatic rings. The van der Waals surface area contributed by atoms with Gasteiger partial charge in [-0.25, -0.2) is 4.98 Å². The number of thiocarbonyl (C=S) groups is 1. The molecule has 5 nitrogen and oxygen atoms in total. The quantitative estimate of drug-likeness (QED) is 0.596. The average Bonchev–Trinajstić information content (AvgIpc) is 2.60. The molecular weight excluding hydrogens is 336 g/mol. The number of nitrogens with zero attached hydrogens (tertiary/aromatic N) is 1. The van der Waals surface area contributed by atoms with Crippen LogP contribution < -0.4 is 10.1 Å². The summed E-state index contributed by atoms with van der Waals surface area (Å²) in [6.07, 6.45) is 2.41. The minimum atomic E-state index is 0.00908. The highest BCUT2D eigenvalue weighted by molar-refractivity contribution is 7.80. The fraction of sp³-hybridized carbons (Fsp3) is 0.211. The number of carbonyl (C=O) groups excluding carboxylic acids is 1. The van der Waals surface area contributed by atoms with E-state index in [4.69, 9.17) is 21.7 Å². The Bertz CT molecular complexity index is 786. The summed E-state index contributed by atoms with van der Waals surface area (Å²) in [5, 5.41) is 3.49. The van der Waals surface area contributed by atoms with Gasteiger partial charge >= 0.3 is 0 Å². The number of pyridine rings is 1. The number of methoxy groups -OCH3 is 1. The molecule has 130 valence electrons. The van der Waals surface area contributed by atoms with Gasteiger partial charge in [0.1, 0.15) is 17.9 Å². The first-order valence-corrected chi connectivity index (χ1v) is 8.11. The van der Waals surface area contributed by atoms with Crippen LogP contribution >= 0.6 is 12.2 Å². The lowest BCUT2D eigenvalue weighted by atomic mass is 10.1. The molecule has 6 heteroatoms. The number of ether oxygens (including phenoxy) is 2. The molecule has 2 rings (SSSR count). The molecule has 2 aromatic rings. The van der Waals surface area contributed by atoms with Crippen LogP contribution in [0.2, 0.25) is 0 Å². The van der Waals surface area contributed by atoms with E-state index in [0.717, 1.165) is 17.4 Å². The second-order valence-corrected chi connectivity index (χ2v) is 5.97. The first-order valence-electron chi connectivity index (χ1n) is 7.70. The number of rotatable bonds is 7. The SMILES string of the molecule is C=C(Nc1ccc(C(=S)OC)cn1)c1cc(C=O)cc(OC(C)C)c1. The molecule has 0 aliphatic carbocycles. The number of nitrogens with one attached hydrogen (secondary N) is 1. The average molecular weight is 356 g/mol. The van der Waals surface area contributed by atoms with Crippen molar-refractivity contribution in [1.29, 1.82) is 0 Å². The van der Waals surface area contributed by atoms with Crippen molar-refractivity contribution in [3.05, 3.63) is 59.8 Å². The van der Waals surface area contributed by atoms with Crippen molar-refractivity contribution < 1.29 is 14.3 Å². The normalized spacial score (nSPS) is 10.2. The molecule has 0 aliphatic heterocycles. The van der Waals surface area contributed by atoms with Gasteiger partial charge in [-0.3, -0.25) is 4.79 Å². The Balaban J connectivity index is 2.19. The minimum Gasteiger partial charge on any atom is -0.491 e. The predicted octanol–water partition coefficient (Wildman–Crippen LogP) is 4.09. The highest BCUT2D eigenvalue weighted by atomic mass is 32.1. The number of hydrogen-bond donors (Lipinski definition) is 1. The number of benzene rings is 1. The van der Waals surface area contributed by atoms with Gasteiger partial charge in [-0.05, 0) is 56.4 Å². The van der Waals surface area contributed by atoms with E-state index < -0.39 is 0 Å². The summed E-state index contributed by atoms with van der Waals surface area (Å²) in [4.78, 5) is 15.5. The minimum absolute atomic E-state index is 0.00908. The molecule has 25 heavy (non-hydrogen) atoms. The van der Waals surface area contributed by atoms with Gasteiger partial charge in [0.25, 0.3) is 0 Å². The lowest BCUT2D eigenvalue weighted by Gasteiger charge is -2.14. The molecule has 0 saturated carbocycles. The maximum atomic E-state index is 11.2. The second kappa shape index (κ2) is 8.39. The van der Waals surface area contributed by atoms with E-state index in [1.807, 2.05) is 26.0 Å². The number of aromatic nitrogens is 1. The van der Waals surface area contributed by atoms with E-state index in [0.29, 0.717) is 27.9 Å². The molecule has 0 fully saturated rings. The molecule has 0 radical (unpaired) electrons. The topological polar surface area (TPSA) is 60.5 Å². The van der Waals surface area contributed by atoms with Crippen molar-refractivity contribution in [3.8, 4) is 5.75 Å². The number of hydrogen-bond acceptors (Lipinski definition) is 6. The Kier molecular flexibility index (Phi) is 6.25. The van der Waals surface area contributed by atoms with Crippen molar-refractivity contribution in [2.24, 2.45) is 0 Å². The summed E-state index contributed by atoms with van der Waals surface area (Å²) in [6, 6.07) is 8.85. The van der Waals surface area contributed by atoms with Crippen LogP contribution in [-0.4, -0.2) is 29.5 Å². The van der Waals surface area contributed by atoms with Gasteiger partial charge in [0.05, 0.1) is 13.2 Å². The van der Waals surface area contributed by atoms with Gasteiger partial charge in [0.2, 0.25) is 0 Å². The standard InChI is InChI=1S/C19H20N2O3S/c1-12(2)24-17-8-14(11-22)7-16(9-17)13(3)21-18-6-5-15(10-20-18)19(25)23-4/h5-12H,3H2,1-2,4H3,(H,20,21). The molecule has 1 aromatic heterocycles. The Morgan fingerprint density at radius 3 is 2.60 bits per heavy atom. The predicted molar refractivity (Wildman–Crippen MR) is 103 cm³/mol. The van der Waals surface area contributed by atoms with E-state index in [-0.39, 0.29) is 6.10 Å². The van der Waals surface area contributed by atoms with Crippen molar-refractivity contribution in [2.45, 2.75) is 20.0 Å². The van der Waals surface area contributed by atoms with Gasteiger partial charge in [-0.15, -0.1) is 0 Å². The fourth-order valence-electron chi connectivity index (χ4n) is 2.14. The van der Waals surface area contributed by atoms with Crippen molar-refractivity contribution in [3.63, 3.8) is 0 Å². The zero-order valence-electron chi connectivity index (χ0n) is 14.4. The van der Waals surface area contributed by atoms with Crippen LogP contribution in [0.5, 0.6) is 5.75 Å². The van der Waals surface area contributed by atoms with E-state index in [1.165, 1.54) is 7.11 Å². The monoisotopic (exact) mass is 356 g/mol. The van der Waals surface area contributed by atoms with Crippen LogP contribution in [0.25, 0.3) is 5.70 Å². The van der Waals surface area contributed by atoms with E-state index in [2.05, 4.69) is 16.9 Å². The second-order valence-electron chi connectivity index (χ2n) is 5.60. The maximum absolute atomic E-state index is 11.2. The van der Waals surface area contributed by atoms with Gasteiger partial charge < -0.3 is 14.8 Å². The van der Waals surface area contributed by atoms with Crippen LogP contribution in [-0.2, 0) is 4.74 Å². The molecule has 1 aromatic carbocycles. The van der Waals surface area contributed by atoms with Crippen LogP contribution in [0, 0.1) is 0 Å². The first-order chi connectivity index (χ1) is 11.9. The van der Waals surface area contributed by atoms with Crippen molar-refractivity contribution in [1.82, 2.24) is 4.98 Å². The Morgan fingerprint density at radius 2 is 2.04 bits per heavy atom. The fourth-order valence-corrected chi connectivity index (χ4v) is 2.26. The smallest absolute Gasteiger partial charge is 0.192 e. The van der Waals surface area contributed by atoms with E-state index >= 15 is 0 Å². The third-order valence-electron chi connectivity index (χ3n) is 3.25. The largest absolute Gasteiger partial charge is 0.491 e. The highest BCUT2D eigenvalue weighted by Gasteiger charge is 2.08. The molecule has 0 bridgehead atoms. The summed E-state index contributed by atoms with van der Waals surface area (Å²) >= 11 is 5.06. The molecule has 0 atom stereocenters. The number of aldehydes is 1. The van der Waals surface area contributed by atoms with Crippen molar-refractivity contribution >= 4 is 35.1 Å². The molecule has 1 heterocycles. The Morgan fingerprint density at radius 1 is 1.28 bits per heavy atom. The third-order valence-corrected chi connectivity index (χ3v) is 3.65. The van der Waals surface area contributed by atoms with Crippen LogP contribution in [0.4, 0.5) is 5.82 Å². The molecule has 1 N–H and O–H groups in total.